The number of esters is 1. The molecule has 0 unspecified atom stereocenters. The molecule has 0 aliphatic heterocycles. The summed E-state index contributed by atoms with van der Waals surface area (Å²) in [6.07, 6.45) is 0.645. The van der Waals surface area contributed by atoms with Crippen LogP contribution in [0.2, 0.25) is 0 Å². The molecule has 0 N–H and O–H groups in total. The van der Waals surface area contributed by atoms with Crippen LogP contribution < -0.4 is 0 Å². The van der Waals surface area contributed by atoms with Gasteiger partial charge in [-0.15, -0.1) is 11.6 Å². The van der Waals surface area contributed by atoms with E-state index in [4.69, 9.17) is 4.74 Å². The maximum absolute atomic E-state index is 11.1. The zero-order chi connectivity index (χ0) is 12.5. The van der Waals surface area contributed by atoms with E-state index < -0.39 is 5.97 Å². The summed E-state index contributed by atoms with van der Waals surface area (Å²) in [7, 11) is 0. The minimum Gasteiger partial charge on any atom is -0.748 e. The maximum atomic E-state index is 11.1. The molecule has 2 aromatic rings. The Bertz CT molecular complexity index is 426. The van der Waals surface area contributed by atoms with Crippen LogP contribution in [0, 0.1) is 0 Å². The fourth-order valence-electron chi connectivity index (χ4n) is 1.25. The van der Waals surface area contributed by atoms with Crippen molar-refractivity contribution >= 4 is 12.3 Å². The van der Waals surface area contributed by atoms with E-state index in [2.05, 4.69) is 0 Å². The van der Waals surface area contributed by atoms with Crippen LogP contribution in [-0.4, -0.2) is 18.9 Å². The van der Waals surface area contributed by atoms with Crippen molar-refractivity contribution in [1.29, 1.82) is 0 Å². The molecule has 0 saturated carbocycles. The molecular weight excluding hydrogens is 317 g/mol. The Morgan fingerprint density at radius 1 is 1.33 bits per heavy atom. The third-order valence-corrected chi connectivity index (χ3v) is 2.03. The van der Waals surface area contributed by atoms with Crippen LogP contribution in [0.1, 0.15) is 27.6 Å². The van der Waals surface area contributed by atoms with Crippen LogP contribution in [0.3, 0.4) is 0 Å². The Labute approximate surface area is 119 Å². The zero-order valence-corrected chi connectivity index (χ0v) is 11.7. The topological polar surface area (TPSA) is 43.4 Å². The van der Waals surface area contributed by atoms with E-state index in [0.717, 1.165) is 0 Å². The molecule has 3 nitrogen and oxygen atoms in total. The molecule has 0 saturated heterocycles. The van der Waals surface area contributed by atoms with Crippen molar-refractivity contribution in [1.82, 2.24) is 0 Å². The van der Waals surface area contributed by atoms with Gasteiger partial charge in [-0.05, 0) is 12.5 Å². The Kier molecular flexibility index (Phi) is 8.68. The van der Waals surface area contributed by atoms with Gasteiger partial charge in [-0.3, -0.25) is 4.79 Å². The number of rotatable bonds is 3. The third-order valence-electron chi connectivity index (χ3n) is 2.03. The van der Waals surface area contributed by atoms with Crippen molar-refractivity contribution in [2.75, 3.05) is 6.61 Å². The van der Waals surface area contributed by atoms with Gasteiger partial charge < -0.3 is 39.9 Å². The number of ether oxygens (including phenoxy) is 1. The standard InChI is InChI=1S/C9H9O3.C5H5.Ru/c1-2-12-9(11)8-5-3-4-7(8)6-10;1-2-4-5-3-1;/h3-6H,2H2,1H3;1-5H;/q-1;-5;. The second-order valence-corrected chi connectivity index (χ2v) is 3.20. The van der Waals surface area contributed by atoms with Gasteiger partial charge in [0.15, 0.2) is 0 Å². The van der Waals surface area contributed by atoms with Crippen molar-refractivity contribution in [3.8, 4) is 0 Å². The summed E-state index contributed by atoms with van der Waals surface area (Å²) in [6, 6.07) is 14.8. The monoisotopic (exact) mass is 332 g/mol. The molecule has 102 valence electrons. The maximum Gasteiger partial charge on any atom is 0.295 e. The average molecular weight is 331 g/mol. The van der Waals surface area contributed by atoms with E-state index in [1.807, 2.05) is 30.3 Å². The fraction of sp³-hybridized carbons (Fsp3) is 0.143. The van der Waals surface area contributed by atoms with Gasteiger partial charge in [0.25, 0.3) is 5.97 Å². The van der Waals surface area contributed by atoms with E-state index in [-0.39, 0.29) is 19.5 Å². The third kappa shape index (κ3) is 5.20. The molecule has 18 heavy (non-hydrogen) atoms. The summed E-state index contributed by atoms with van der Waals surface area (Å²) in [5.41, 5.74) is 0.723. The summed E-state index contributed by atoms with van der Waals surface area (Å²) in [5.74, 6) is -0.440. The van der Waals surface area contributed by atoms with E-state index in [0.29, 0.717) is 24.0 Å². The normalized spacial score (nSPS) is 8.50. The van der Waals surface area contributed by atoms with Crippen LogP contribution >= 0.6 is 0 Å². The van der Waals surface area contributed by atoms with E-state index >= 15 is 0 Å². The summed E-state index contributed by atoms with van der Waals surface area (Å²) in [5, 5.41) is 0. The Morgan fingerprint density at radius 3 is 2.33 bits per heavy atom. The van der Waals surface area contributed by atoms with E-state index in [9.17, 15) is 9.59 Å². The van der Waals surface area contributed by atoms with E-state index in [1.165, 1.54) is 0 Å². The van der Waals surface area contributed by atoms with Crippen LogP contribution in [-0.2, 0) is 24.2 Å². The molecule has 0 bridgehead atoms. The molecule has 0 atom stereocenters. The molecule has 0 aliphatic rings. The Balaban J connectivity index is 0.000000405. The van der Waals surface area contributed by atoms with Gasteiger partial charge in [0.1, 0.15) is 0 Å². The molecule has 0 fully saturated rings. The van der Waals surface area contributed by atoms with Crippen LogP contribution in [0.25, 0.3) is 0 Å². The largest absolute Gasteiger partial charge is 0.748 e. The number of carbonyl (C=O) groups excluding carboxylic acids is 2. The van der Waals surface area contributed by atoms with Crippen LogP contribution in [0.15, 0.2) is 48.5 Å². The first-order chi connectivity index (χ1) is 8.29. The van der Waals surface area contributed by atoms with Crippen LogP contribution in [0.4, 0.5) is 0 Å². The summed E-state index contributed by atoms with van der Waals surface area (Å²) < 4.78 is 4.73. The average Bonchev–Trinajstić information content (AvgIpc) is 3.03. The summed E-state index contributed by atoms with van der Waals surface area (Å²) in [6.45, 7) is 2.05. The zero-order valence-electron chi connectivity index (χ0n) is 9.98. The van der Waals surface area contributed by atoms with Crippen molar-refractivity contribution in [3.63, 3.8) is 0 Å². The Morgan fingerprint density at radius 2 is 1.89 bits per heavy atom. The van der Waals surface area contributed by atoms with Gasteiger partial charge in [0.05, 0.1) is 12.9 Å². The second-order valence-electron chi connectivity index (χ2n) is 3.20. The number of hydrogen-bond donors (Lipinski definition) is 0. The minimum atomic E-state index is -0.440. The van der Waals surface area contributed by atoms with Gasteiger partial charge >= 0.3 is 0 Å². The fourth-order valence-corrected chi connectivity index (χ4v) is 1.25. The quantitative estimate of drug-likeness (QED) is 0.376. The molecule has 2 aromatic carbocycles. The molecule has 0 amide bonds. The molecule has 4 heteroatoms. The van der Waals surface area contributed by atoms with Gasteiger partial charge in [-0.1, -0.05) is 0 Å². The molecule has 0 aliphatic carbocycles. The van der Waals surface area contributed by atoms with E-state index in [1.54, 1.807) is 25.1 Å². The molecular formula is C14H14O3Ru-6. The number of carbonyl (C=O) groups is 2. The summed E-state index contributed by atoms with van der Waals surface area (Å²) >= 11 is 0. The van der Waals surface area contributed by atoms with Crippen molar-refractivity contribution in [3.05, 3.63) is 59.7 Å². The predicted octanol–water partition coefficient (Wildman–Crippen LogP) is 2.80. The minimum absolute atomic E-state index is 0. The molecule has 0 radical (unpaired) electrons. The molecule has 0 heterocycles. The predicted molar refractivity (Wildman–Crippen MR) is 65.4 cm³/mol. The molecule has 0 spiro atoms. The van der Waals surface area contributed by atoms with Crippen molar-refractivity contribution in [2.24, 2.45) is 0 Å². The van der Waals surface area contributed by atoms with Crippen molar-refractivity contribution in [2.45, 2.75) is 6.92 Å². The van der Waals surface area contributed by atoms with Crippen molar-refractivity contribution < 1.29 is 33.8 Å². The second kappa shape index (κ2) is 9.49. The van der Waals surface area contributed by atoms with Gasteiger partial charge in [-0.2, -0.15) is 12.1 Å². The number of aldehydes is 1. The SMILES string of the molecule is CCOC(=O)[c-]1cccc1C=O.[Ru].[cH-]1[cH-][cH-][cH-][cH-]1. The first-order valence-corrected chi connectivity index (χ1v) is 5.34. The number of hydrogen-bond acceptors (Lipinski definition) is 3. The first kappa shape index (κ1) is 16.5. The van der Waals surface area contributed by atoms with Gasteiger partial charge in [-0.25, -0.2) is 0 Å². The molecule has 2 rings (SSSR count). The first-order valence-electron chi connectivity index (χ1n) is 5.34. The van der Waals surface area contributed by atoms with Crippen LogP contribution in [0.5, 0.6) is 0 Å². The Hall–Kier alpha value is -1.54. The van der Waals surface area contributed by atoms with Gasteiger partial charge in [0.2, 0.25) is 0 Å². The summed E-state index contributed by atoms with van der Waals surface area (Å²) in [4.78, 5) is 21.5. The van der Waals surface area contributed by atoms with Gasteiger partial charge in [0, 0.05) is 19.5 Å². The smallest absolute Gasteiger partial charge is 0.295 e. The molecule has 0 aromatic heterocycles.